The molecule has 0 spiro atoms. The normalized spacial score (nSPS) is 13.0. The number of aromatic hydroxyl groups is 1. The number of phenolic OH excluding ortho intramolecular Hbond substituents is 1. The molecule has 0 aliphatic rings. The molecule has 1 aromatic carbocycles. The molecular weight excluding hydrogens is 319 g/mol. The van der Waals surface area contributed by atoms with Crippen LogP contribution < -0.4 is 5.73 Å². The Morgan fingerprint density at radius 2 is 1.62 bits per heavy atom. The summed E-state index contributed by atoms with van der Waals surface area (Å²) in [5, 5.41) is 17.5. The molecule has 0 saturated carbocycles. The molecule has 0 aromatic heterocycles. The van der Waals surface area contributed by atoms with Crippen LogP contribution in [-0.2, 0) is 21.3 Å². The van der Waals surface area contributed by atoms with Crippen molar-refractivity contribution in [3.63, 3.8) is 0 Å². The van der Waals surface area contributed by atoms with Crippen molar-refractivity contribution in [3.05, 3.63) is 29.8 Å². The van der Waals surface area contributed by atoms with E-state index < -0.39 is 27.6 Å². The van der Waals surface area contributed by atoms with Crippen LogP contribution in [0.5, 0.6) is 5.75 Å². The van der Waals surface area contributed by atoms with Crippen LogP contribution >= 0.6 is 0 Å². The predicted molar refractivity (Wildman–Crippen MR) is 65.0 cm³/mol. The van der Waals surface area contributed by atoms with E-state index in [1.54, 1.807) is 12.1 Å². The Morgan fingerprint density at radius 1 is 1.24 bits per heavy atom. The Balaban J connectivity index is 0.000000433. The minimum absolute atomic E-state index is 0.160. The molecule has 1 unspecified atom stereocenters. The molecule has 5 N–H and O–H groups in total. The third-order valence-electron chi connectivity index (χ3n) is 2.00. The molecule has 0 aliphatic carbocycles. The average Bonchev–Trinajstić information content (AvgIpc) is 2.30. The van der Waals surface area contributed by atoms with E-state index in [0.717, 1.165) is 5.56 Å². The van der Waals surface area contributed by atoms with Crippen LogP contribution in [0.4, 0.5) is 13.2 Å². The van der Waals surface area contributed by atoms with Gasteiger partial charge in [-0.25, -0.2) is 0 Å². The van der Waals surface area contributed by atoms with Gasteiger partial charge in [0.25, 0.3) is 0 Å². The number of benzene rings is 1. The Bertz CT molecular complexity index is 569. The van der Waals surface area contributed by atoms with E-state index >= 15 is 0 Å². The first-order chi connectivity index (χ1) is 9.34. The number of carboxylic acid groups (broad SMARTS) is 1. The first-order valence-electron chi connectivity index (χ1n) is 5.14. The summed E-state index contributed by atoms with van der Waals surface area (Å²) in [5.41, 5.74) is 0.589. The first-order valence-corrected chi connectivity index (χ1v) is 6.58. The Morgan fingerprint density at radius 3 is 1.90 bits per heavy atom. The molecule has 0 bridgehead atoms. The third kappa shape index (κ3) is 7.48. The van der Waals surface area contributed by atoms with E-state index in [-0.39, 0.29) is 12.2 Å². The van der Waals surface area contributed by atoms with Crippen LogP contribution in [0.1, 0.15) is 5.56 Å². The maximum absolute atomic E-state index is 10.7. The molecule has 0 saturated heterocycles. The second kappa shape index (κ2) is 7.24. The number of rotatable bonds is 3. The Hall–Kier alpha value is -1.85. The second-order valence-corrected chi connectivity index (χ2v) is 5.15. The number of halogens is 3. The van der Waals surface area contributed by atoms with E-state index in [4.69, 9.17) is 28.9 Å². The number of aliphatic carboxylic acids is 1. The van der Waals surface area contributed by atoms with Gasteiger partial charge in [-0.1, -0.05) is 12.1 Å². The van der Waals surface area contributed by atoms with E-state index in [0.29, 0.717) is 0 Å². The van der Waals surface area contributed by atoms with Gasteiger partial charge in [-0.2, -0.15) is 21.6 Å². The number of alkyl halides is 3. The van der Waals surface area contributed by atoms with Gasteiger partial charge in [0.1, 0.15) is 11.8 Å². The lowest BCUT2D eigenvalue weighted by Crippen LogP contribution is -2.32. The standard InChI is InChI=1S/C9H11NO3.CHF3O3S/c10-8(9(12)13)5-6-1-3-7(11)4-2-6;2-1(3,4)8(5,6)7/h1-4,8,11H,5,10H2,(H,12,13);(H,5,6,7). The van der Waals surface area contributed by atoms with Crippen LogP contribution in [0.15, 0.2) is 24.3 Å². The number of hydrogen-bond donors (Lipinski definition) is 4. The van der Waals surface area contributed by atoms with Crippen molar-refractivity contribution >= 4 is 16.1 Å². The summed E-state index contributed by atoms with van der Waals surface area (Å²) in [4.78, 5) is 10.4. The summed E-state index contributed by atoms with van der Waals surface area (Å²) >= 11 is 0. The maximum atomic E-state index is 10.7. The largest absolute Gasteiger partial charge is 0.522 e. The van der Waals surface area contributed by atoms with Gasteiger partial charge in [-0.15, -0.1) is 0 Å². The summed E-state index contributed by atoms with van der Waals surface area (Å²) in [7, 11) is -5.84. The molecule has 120 valence electrons. The van der Waals surface area contributed by atoms with Gasteiger partial charge >= 0.3 is 21.6 Å². The lowest BCUT2D eigenvalue weighted by molar-refractivity contribution is -0.138. The number of nitrogens with two attached hydrogens (primary N) is 1. The lowest BCUT2D eigenvalue weighted by atomic mass is 10.1. The van der Waals surface area contributed by atoms with Crippen molar-refractivity contribution in [1.29, 1.82) is 0 Å². The Kier molecular flexibility index (Phi) is 6.60. The predicted octanol–water partition coefficient (Wildman–Crippen LogP) is 0.741. The summed E-state index contributed by atoms with van der Waals surface area (Å²) in [6.45, 7) is 0. The average molecular weight is 331 g/mol. The fourth-order valence-electron chi connectivity index (χ4n) is 0.973. The van der Waals surface area contributed by atoms with Gasteiger partial charge in [-0.05, 0) is 24.1 Å². The number of phenols is 1. The van der Waals surface area contributed by atoms with Gasteiger partial charge in [0.05, 0.1) is 0 Å². The molecule has 21 heavy (non-hydrogen) atoms. The molecule has 1 rings (SSSR count). The number of carboxylic acids is 1. The summed E-state index contributed by atoms with van der Waals surface area (Å²) < 4.78 is 57.5. The van der Waals surface area contributed by atoms with Crippen molar-refractivity contribution in [1.82, 2.24) is 0 Å². The quantitative estimate of drug-likeness (QED) is 0.473. The molecule has 11 heteroatoms. The van der Waals surface area contributed by atoms with Crippen LogP contribution in [0.3, 0.4) is 0 Å². The van der Waals surface area contributed by atoms with E-state index in [1.807, 2.05) is 0 Å². The molecule has 0 radical (unpaired) electrons. The van der Waals surface area contributed by atoms with Crippen molar-refractivity contribution in [3.8, 4) is 5.75 Å². The van der Waals surface area contributed by atoms with Gasteiger partial charge in [0, 0.05) is 0 Å². The van der Waals surface area contributed by atoms with E-state index in [9.17, 15) is 18.0 Å². The molecule has 1 atom stereocenters. The SMILES string of the molecule is NC(Cc1ccc(O)cc1)C(=O)O.O=S(=O)(O)C(F)(F)F. The van der Waals surface area contributed by atoms with Crippen LogP contribution in [0, 0.1) is 0 Å². The fraction of sp³-hybridized carbons (Fsp3) is 0.300. The minimum atomic E-state index is -5.84. The lowest BCUT2D eigenvalue weighted by Gasteiger charge is -2.05. The van der Waals surface area contributed by atoms with Gasteiger partial charge in [0.2, 0.25) is 0 Å². The zero-order valence-corrected chi connectivity index (χ0v) is 11.1. The van der Waals surface area contributed by atoms with Gasteiger partial charge in [0.15, 0.2) is 0 Å². The molecule has 0 heterocycles. The smallest absolute Gasteiger partial charge is 0.508 e. The number of carbonyl (C=O) groups is 1. The molecule has 7 nitrogen and oxygen atoms in total. The fourth-order valence-corrected chi connectivity index (χ4v) is 0.973. The summed E-state index contributed by atoms with van der Waals surface area (Å²) in [5.74, 6) is -0.860. The molecule has 0 fully saturated rings. The molecular formula is C10H12F3NO6S. The minimum Gasteiger partial charge on any atom is -0.508 e. The molecule has 0 aliphatic heterocycles. The maximum Gasteiger partial charge on any atom is 0.522 e. The van der Waals surface area contributed by atoms with Gasteiger partial charge < -0.3 is 15.9 Å². The number of hydrogen-bond acceptors (Lipinski definition) is 5. The summed E-state index contributed by atoms with van der Waals surface area (Å²) in [6.07, 6.45) is 0.273. The summed E-state index contributed by atoms with van der Waals surface area (Å²) in [6, 6.07) is 5.42. The second-order valence-electron chi connectivity index (χ2n) is 3.74. The highest BCUT2D eigenvalue weighted by Gasteiger charge is 2.44. The zero-order chi connectivity index (χ0) is 16.8. The van der Waals surface area contributed by atoms with Crippen molar-refractivity contribution in [2.45, 2.75) is 18.0 Å². The van der Waals surface area contributed by atoms with Crippen molar-refractivity contribution in [2.75, 3.05) is 0 Å². The van der Waals surface area contributed by atoms with Crippen LogP contribution in [0.25, 0.3) is 0 Å². The monoisotopic (exact) mass is 331 g/mol. The zero-order valence-electron chi connectivity index (χ0n) is 10.3. The van der Waals surface area contributed by atoms with Crippen LogP contribution in [-0.4, -0.2) is 40.7 Å². The van der Waals surface area contributed by atoms with Gasteiger partial charge in [-0.3, -0.25) is 9.35 Å². The highest BCUT2D eigenvalue weighted by atomic mass is 32.2. The Labute approximate surface area is 117 Å². The molecule has 1 aromatic rings. The van der Waals surface area contributed by atoms with E-state index in [1.165, 1.54) is 12.1 Å². The van der Waals surface area contributed by atoms with Crippen molar-refractivity contribution < 1.29 is 41.1 Å². The topological polar surface area (TPSA) is 138 Å². The van der Waals surface area contributed by atoms with E-state index in [2.05, 4.69) is 0 Å². The highest BCUT2D eigenvalue weighted by Crippen LogP contribution is 2.20. The molecule has 0 amide bonds. The third-order valence-corrected chi connectivity index (χ3v) is 2.59. The van der Waals surface area contributed by atoms with Crippen molar-refractivity contribution in [2.24, 2.45) is 5.73 Å². The first kappa shape index (κ1) is 19.1. The highest BCUT2D eigenvalue weighted by molar-refractivity contribution is 7.86. The van der Waals surface area contributed by atoms with Crippen LogP contribution in [0.2, 0.25) is 0 Å².